The standard InChI is InChI=1S/C21H15ClF3N3O3S2/c1-10(27-28-20(32)26-13-6-7-14(19(30)31)16(22)8-13)15-9-33-18(17(15)29)11-2-4-12(5-3-11)21(23,24)25/h2-9,29H,1H3,(H,30,31)(H2,26,28,32)/b27-10+. The number of aromatic carboxylic acids is 1. The zero-order chi connectivity index (χ0) is 24.3. The third kappa shape index (κ3) is 5.81. The number of anilines is 1. The summed E-state index contributed by atoms with van der Waals surface area (Å²) in [5, 5.41) is 28.2. The molecule has 4 N–H and O–H groups in total. The summed E-state index contributed by atoms with van der Waals surface area (Å²) in [5.74, 6) is -1.27. The number of rotatable bonds is 5. The van der Waals surface area contributed by atoms with Gasteiger partial charge >= 0.3 is 12.1 Å². The molecule has 0 amide bonds. The Morgan fingerprint density at radius 1 is 1.15 bits per heavy atom. The second-order valence-electron chi connectivity index (χ2n) is 6.67. The molecule has 3 rings (SSSR count). The lowest BCUT2D eigenvalue weighted by Crippen LogP contribution is -2.25. The number of hydrazone groups is 1. The molecule has 0 unspecified atom stereocenters. The number of nitrogens with one attached hydrogen (secondary N) is 2. The maximum absolute atomic E-state index is 12.8. The average Bonchev–Trinajstić information content (AvgIpc) is 3.12. The fourth-order valence-corrected chi connectivity index (χ4v) is 4.18. The first-order valence-corrected chi connectivity index (χ1v) is 10.8. The van der Waals surface area contributed by atoms with E-state index < -0.39 is 17.7 Å². The zero-order valence-corrected chi connectivity index (χ0v) is 19.1. The summed E-state index contributed by atoms with van der Waals surface area (Å²) in [6.07, 6.45) is -4.44. The van der Waals surface area contributed by atoms with Gasteiger partial charge in [0.05, 0.1) is 32.3 Å². The first-order chi connectivity index (χ1) is 15.5. The molecule has 0 aliphatic carbocycles. The minimum atomic E-state index is -4.44. The molecule has 0 spiro atoms. The molecule has 172 valence electrons. The van der Waals surface area contributed by atoms with E-state index in [0.717, 1.165) is 23.5 Å². The second kappa shape index (κ2) is 9.77. The SMILES string of the molecule is C/C(=N\NC(=S)Nc1ccc(C(=O)O)c(Cl)c1)c1csc(-c2ccc(C(F)(F)F)cc2)c1O. The molecule has 0 saturated carbocycles. The van der Waals surface area contributed by atoms with Crippen LogP contribution in [0, 0.1) is 0 Å². The number of halogens is 4. The lowest BCUT2D eigenvalue weighted by atomic mass is 10.1. The molecule has 6 nitrogen and oxygen atoms in total. The van der Waals surface area contributed by atoms with E-state index in [1.807, 2.05) is 0 Å². The van der Waals surface area contributed by atoms with E-state index in [0.29, 0.717) is 27.4 Å². The van der Waals surface area contributed by atoms with E-state index in [9.17, 15) is 23.1 Å². The number of thiocarbonyl (C=S) groups is 1. The Bertz CT molecular complexity index is 1240. The van der Waals surface area contributed by atoms with Gasteiger partial charge in [-0.3, -0.25) is 5.43 Å². The van der Waals surface area contributed by atoms with E-state index in [-0.39, 0.29) is 21.4 Å². The number of hydrogen-bond donors (Lipinski definition) is 4. The van der Waals surface area contributed by atoms with Gasteiger partial charge in [0.2, 0.25) is 0 Å². The van der Waals surface area contributed by atoms with Gasteiger partial charge < -0.3 is 15.5 Å². The molecule has 0 atom stereocenters. The van der Waals surface area contributed by atoms with Crippen molar-refractivity contribution in [2.75, 3.05) is 5.32 Å². The van der Waals surface area contributed by atoms with Gasteiger partial charge in [0.25, 0.3) is 0 Å². The van der Waals surface area contributed by atoms with Crippen LogP contribution in [0.1, 0.15) is 28.4 Å². The number of alkyl halides is 3. The minimum absolute atomic E-state index is 0.0361. The summed E-state index contributed by atoms with van der Waals surface area (Å²) >= 11 is 12.2. The van der Waals surface area contributed by atoms with Crippen molar-refractivity contribution in [1.82, 2.24) is 5.43 Å². The highest BCUT2D eigenvalue weighted by atomic mass is 35.5. The largest absolute Gasteiger partial charge is 0.506 e. The Kier molecular flexibility index (Phi) is 7.25. The highest BCUT2D eigenvalue weighted by Crippen LogP contribution is 2.40. The molecule has 0 aliphatic heterocycles. The quantitative estimate of drug-likeness (QED) is 0.184. The molecule has 2 aromatic carbocycles. The molecular weight excluding hydrogens is 499 g/mol. The van der Waals surface area contributed by atoms with Gasteiger partial charge in [-0.15, -0.1) is 11.3 Å². The summed E-state index contributed by atoms with van der Waals surface area (Å²) in [7, 11) is 0. The molecule has 0 fully saturated rings. The van der Waals surface area contributed by atoms with Crippen molar-refractivity contribution in [3.8, 4) is 16.2 Å². The van der Waals surface area contributed by atoms with Gasteiger partial charge in [-0.25, -0.2) is 4.79 Å². The highest BCUT2D eigenvalue weighted by Gasteiger charge is 2.30. The van der Waals surface area contributed by atoms with Crippen molar-refractivity contribution in [2.45, 2.75) is 13.1 Å². The van der Waals surface area contributed by atoms with Gasteiger partial charge in [0.15, 0.2) is 5.11 Å². The Morgan fingerprint density at radius 2 is 1.82 bits per heavy atom. The number of carbonyl (C=O) groups is 1. The van der Waals surface area contributed by atoms with E-state index in [1.165, 1.54) is 30.3 Å². The average molecular weight is 514 g/mol. The fourth-order valence-electron chi connectivity index (χ4n) is 2.74. The fraction of sp³-hybridized carbons (Fsp3) is 0.0952. The number of hydrogen-bond acceptors (Lipinski definition) is 5. The third-order valence-corrected chi connectivity index (χ3v) is 5.94. The molecule has 0 aliphatic rings. The summed E-state index contributed by atoms with van der Waals surface area (Å²) in [5.41, 5.74) is 3.43. The lowest BCUT2D eigenvalue weighted by Gasteiger charge is -2.09. The van der Waals surface area contributed by atoms with Crippen molar-refractivity contribution < 1.29 is 28.2 Å². The summed E-state index contributed by atoms with van der Waals surface area (Å²) < 4.78 is 38.3. The van der Waals surface area contributed by atoms with Crippen LogP contribution in [0.2, 0.25) is 5.02 Å². The normalized spacial score (nSPS) is 11.8. The molecule has 0 saturated heterocycles. The van der Waals surface area contributed by atoms with Crippen molar-refractivity contribution in [3.63, 3.8) is 0 Å². The summed E-state index contributed by atoms with van der Waals surface area (Å²) in [6, 6.07) is 8.71. The maximum atomic E-state index is 12.8. The number of benzene rings is 2. The van der Waals surface area contributed by atoms with Gasteiger partial charge in [-0.1, -0.05) is 23.7 Å². The van der Waals surface area contributed by atoms with Crippen LogP contribution in [0.15, 0.2) is 52.9 Å². The van der Waals surface area contributed by atoms with Crippen LogP contribution in [0.5, 0.6) is 5.75 Å². The number of thiophene rings is 1. The van der Waals surface area contributed by atoms with Crippen molar-refractivity contribution in [2.24, 2.45) is 5.10 Å². The Morgan fingerprint density at radius 3 is 2.39 bits per heavy atom. The number of carboxylic acid groups (broad SMARTS) is 1. The molecule has 12 heteroatoms. The van der Waals surface area contributed by atoms with Crippen LogP contribution in [-0.2, 0) is 6.18 Å². The molecule has 0 bridgehead atoms. The summed E-state index contributed by atoms with van der Waals surface area (Å²) in [4.78, 5) is 11.4. The van der Waals surface area contributed by atoms with Crippen LogP contribution in [0.4, 0.5) is 18.9 Å². The number of carboxylic acids is 1. The lowest BCUT2D eigenvalue weighted by molar-refractivity contribution is -0.137. The first kappa shape index (κ1) is 24.5. The van der Waals surface area contributed by atoms with Crippen molar-refractivity contribution in [3.05, 3.63) is 69.6 Å². The predicted molar refractivity (Wildman–Crippen MR) is 126 cm³/mol. The molecule has 33 heavy (non-hydrogen) atoms. The highest BCUT2D eigenvalue weighted by molar-refractivity contribution is 7.80. The minimum Gasteiger partial charge on any atom is -0.506 e. The molecule has 1 aromatic heterocycles. The van der Waals surface area contributed by atoms with Gasteiger partial charge in [0, 0.05) is 11.1 Å². The monoisotopic (exact) mass is 513 g/mol. The zero-order valence-electron chi connectivity index (χ0n) is 16.7. The molecule has 3 aromatic rings. The Hall–Kier alpha value is -3.15. The Balaban J connectivity index is 1.70. The smallest absolute Gasteiger partial charge is 0.416 e. The van der Waals surface area contributed by atoms with E-state index in [4.69, 9.17) is 28.9 Å². The molecule has 1 heterocycles. The van der Waals surface area contributed by atoms with Crippen molar-refractivity contribution >= 4 is 57.6 Å². The van der Waals surface area contributed by atoms with E-state index >= 15 is 0 Å². The summed E-state index contributed by atoms with van der Waals surface area (Å²) in [6.45, 7) is 1.62. The van der Waals surface area contributed by atoms with Gasteiger partial charge in [-0.05, 0) is 55.0 Å². The first-order valence-electron chi connectivity index (χ1n) is 9.10. The van der Waals surface area contributed by atoms with E-state index in [2.05, 4.69) is 15.8 Å². The van der Waals surface area contributed by atoms with Crippen LogP contribution < -0.4 is 10.7 Å². The topological polar surface area (TPSA) is 94.0 Å². The van der Waals surface area contributed by atoms with Gasteiger partial charge in [0.1, 0.15) is 5.75 Å². The third-order valence-electron chi connectivity index (χ3n) is 4.41. The predicted octanol–water partition coefficient (Wildman–Crippen LogP) is 6.20. The Labute approximate surface area is 200 Å². The van der Waals surface area contributed by atoms with Crippen LogP contribution in [-0.4, -0.2) is 27.0 Å². The maximum Gasteiger partial charge on any atom is 0.416 e. The van der Waals surface area contributed by atoms with Crippen LogP contribution in [0.25, 0.3) is 10.4 Å². The number of aromatic hydroxyl groups is 1. The van der Waals surface area contributed by atoms with E-state index in [1.54, 1.807) is 12.3 Å². The van der Waals surface area contributed by atoms with Crippen LogP contribution >= 0.6 is 35.2 Å². The molecular formula is C21H15ClF3N3O3S2. The van der Waals surface area contributed by atoms with Crippen molar-refractivity contribution in [1.29, 1.82) is 0 Å². The van der Waals surface area contributed by atoms with Crippen LogP contribution in [0.3, 0.4) is 0 Å². The second-order valence-corrected chi connectivity index (χ2v) is 8.36. The molecule has 0 radical (unpaired) electrons. The number of nitrogens with zero attached hydrogens (tertiary/aromatic N) is 1. The van der Waals surface area contributed by atoms with Gasteiger partial charge in [-0.2, -0.15) is 18.3 Å².